The summed E-state index contributed by atoms with van der Waals surface area (Å²) in [6, 6.07) is 11.1. The van der Waals surface area contributed by atoms with E-state index in [1.54, 1.807) is 32.3 Å². The molecule has 1 aliphatic rings. The standard InChI is InChI=1S/C20H22N2O4/c1-5-10-22-19(21-15-9-7-6-8-14(15)20(22)23)13-11-16(24-2)18(26-4)17(12-13)25-3/h5-9,11-12,19,21H,1,10H2,2-4H3. The molecule has 2 aromatic rings. The van der Waals surface area contributed by atoms with Crippen LogP contribution in [0.25, 0.3) is 0 Å². The molecule has 6 nitrogen and oxygen atoms in total. The lowest BCUT2D eigenvalue weighted by Crippen LogP contribution is -2.43. The second-order valence-corrected chi connectivity index (χ2v) is 5.80. The molecule has 0 aromatic heterocycles. The van der Waals surface area contributed by atoms with Gasteiger partial charge in [0.25, 0.3) is 5.91 Å². The molecule has 0 bridgehead atoms. The van der Waals surface area contributed by atoms with Crippen molar-refractivity contribution in [2.75, 3.05) is 33.2 Å². The maximum Gasteiger partial charge on any atom is 0.258 e. The molecule has 26 heavy (non-hydrogen) atoms. The first-order chi connectivity index (χ1) is 12.6. The predicted octanol–water partition coefficient (Wildman–Crippen LogP) is 3.46. The van der Waals surface area contributed by atoms with Crippen molar-refractivity contribution in [3.8, 4) is 17.2 Å². The van der Waals surface area contributed by atoms with Crippen LogP contribution in [0.2, 0.25) is 0 Å². The minimum Gasteiger partial charge on any atom is -0.493 e. The topological polar surface area (TPSA) is 60.0 Å². The van der Waals surface area contributed by atoms with Gasteiger partial charge in [0.15, 0.2) is 11.5 Å². The lowest BCUT2D eigenvalue weighted by atomic mass is 10.0. The maximum absolute atomic E-state index is 13.0. The normalized spacial score (nSPS) is 15.7. The number of amides is 1. The Hall–Kier alpha value is -3.15. The SMILES string of the molecule is C=CCN1C(=O)c2ccccc2NC1c1cc(OC)c(OC)c(OC)c1. The molecule has 1 atom stereocenters. The first kappa shape index (κ1) is 17.7. The van der Waals surface area contributed by atoms with Crippen LogP contribution < -0.4 is 19.5 Å². The minimum absolute atomic E-state index is 0.0574. The molecule has 0 aliphatic carbocycles. The molecule has 0 radical (unpaired) electrons. The van der Waals surface area contributed by atoms with Gasteiger partial charge in [-0.15, -0.1) is 6.58 Å². The fourth-order valence-electron chi connectivity index (χ4n) is 3.14. The fourth-order valence-corrected chi connectivity index (χ4v) is 3.14. The third kappa shape index (κ3) is 2.94. The number of hydrogen-bond acceptors (Lipinski definition) is 5. The average Bonchev–Trinajstić information content (AvgIpc) is 2.68. The number of fused-ring (bicyclic) bond motifs is 1. The van der Waals surface area contributed by atoms with Crippen molar-refractivity contribution in [1.29, 1.82) is 0 Å². The number of methoxy groups -OCH3 is 3. The zero-order chi connectivity index (χ0) is 18.7. The van der Waals surface area contributed by atoms with Gasteiger partial charge in [-0.05, 0) is 24.3 Å². The van der Waals surface area contributed by atoms with Gasteiger partial charge in [0, 0.05) is 17.8 Å². The van der Waals surface area contributed by atoms with Crippen LogP contribution in [-0.2, 0) is 0 Å². The second kappa shape index (κ2) is 7.39. The van der Waals surface area contributed by atoms with Crippen LogP contribution in [0.15, 0.2) is 49.1 Å². The van der Waals surface area contributed by atoms with Crippen LogP contribution in [0.5, 0.6) is 17.2 Å². The van der Waals surface area contributed by atoms with Crippen molar-refractivity contribution in [2.45, 2.75) is 6.17 Å². The summed E-state index contributed by atoms with van der Waals surface area (Å²) in [7, 11) is 4.69. The Labute approximate surface area is 153 Å². The molecule has 136 valence electrons. The van der Waals surface area contributed by atoms with E-state index in [2.05, 4.69) is 11.9 Å². The molecule has 0 saturated carbocycles. The first-order valence-electron chi connectivity index (χ1n) is 8.22. The monoisotopic (exact) mass is 354 g/mol. The highest BCUT2D eigenvalue weighted by Gasteiger charge is 2.33. The summed E-state index contributed by atoms with van der Waals surface area (Å²) in [5, 5.41) is 3.42. The highest BCUT2D eigenvalue weighted by molar-refractivity contribution is 6.01. The Morgan fingerprint density at radius 3 is 2.35 bits per heavy atom. The molecule has 0 fully saturated rings. The van der Waals surface area contributed by atoms with E-state index in [0.29, 0.717) is 29.4 Å². The molecule has 1 amide bonds. The number of anilines is 1. The van der Waals surface area contributed by atoms with Crippen LogP contribution in [-0.4, -0.2) is 38.7 Å². The fraction of sp³-hybridized carbons (Fsp3) is 0.250. The van der Waals surface area contributed by atoms with E-state index < -0.39 is 0 Å². The second-order valence-electron chi connectivity index (χ2n) is 5.80. The van der Waals surface area contributed by atoms with Crippen molar-refractivity contribution < 1.29 is 19.0 Å². The molecular weight excluding hydrogens is 332 g/mol. The van der Waals surface area contributed by atoms with Gasteiger partial charge in [0.1, 0.15) is 6.17 Å². The highest BCUT2D eigenvalue weighted by Crippen LogP contribution is 2.42. The van der Waals surface area contributed by atoms with Gasteiger partial charge >= 0.3 is 0 Å². The van der Waals surface area contributed by atoms with Gasteiger partial charge in [0.2, 0.25) is 5.75 Å². The number of carbonyl (C=O) groups excluding carboxylic acids is 1. The van der Waals surface area contributed by atoms with Gasteiger partial charge in [-0.3, -0.25) is 4.79 Å². The van der Waals surface area contributed by atoms with Crippen molar-refractivity contribution in [1.82, 2.24) is 4.90 Å². The number of nitrogens with one attached hydrogen (secondary N) is 1. The number of benzene rings is 2. The zero-order valence-corrected chi connectivity index (χ0v) is 15.1. The van der Waals surface area contributed by atoms with E-state index in [1.807, 2.05) is 36.4 Å². The van der Waals surface area contributed by atoms with E-state index in [0.717, 1.165) is 11.3 Å². The number of nitrogens with zero attached hydrogens (tertiary/aromatic N) is 1. The summed E-state index contributed by atoms with van der Waals surface area (Å²) >= 11 is 0. The average molecular weight is 354 g/mol. The zero-order valence-electron chi connectivity index (χ0n) is 15.1. The molecule has 1 aliphatic heterocycles. The Bertz CT molecular complexity index is 809. The number of ether oxygens (including phenoxy) is 3. The van der Waals surface area contributed by atoms with Crippen molar-refractivity contribution in [2.24, 2.45) is 0 Å². The molecule has 1 unspecified atom stereocenters. The van der Waals surface area contributed by atoms with Crippen LogP contribution in [0.1, 0.15) is 22.1 Å². The smallest absolute Gasteiger partial charge is 0.258 e. The largest absolute Gasteiger partial charge is 0.493 e. The summed E-state index contributed by atoms with van der Waals surface area (Å²) in [5.41, 5.74) is 2.25. The molecule has 0 spiro atoms. The third-order valence-electron chi connectivity index (χ3n) is 4.35. The van der Waals surface area contributed by atoms with Crippen LogP contribution in [0, 0.1) is 0 Å². The molecule has 1 N–H and O–H groups in total. The number of para-hydroxylation sites is 1. The van der Waals surface area contributed by atoms with E-state index in [1.165, 1.54) is 0 Å². The molecule has 0 saturated heterocycles. The van der Waals surface area contributed by atoms with E-state index in [4.69, 9.17) is 14.2 Å². The van der Waals surface area contributed by atoms with Gasteiger partial charge in [-0.2, -0.15) is 0 Å². The lowest BCUT2D eigenvalue weighted by Gasteiger charge is -2.37. The third-order valence-corrected chi connectivity index (χ3v) is 4.35. The van der Waals surface area contributed by atoms with Crippen molar-refractivity contribution >= 4 is 11.6 Å². The van der Waals surface area contributed by atoms with Crippen LogP contribution >= 0.6 is 0 Å². The summed E-state index contributed by atoms with van der Waals surface area (Å²) in [5.74, 6) is 1.52. The van der Waals surface area contributed by atoms with Crippen LogP contribution in [0.4, 0.5) is 5.69 Å². The maximum atomic E-state index is 13.0. The van der Waals surface area contributed by atoms with Gasteiger partial charge in [0.05, 0.1) is 26.9 Å². The van der Waals surface area contributed by atoms with Crippen LogP contribution in [0.3, 0.4) is 0 Å². The first-order valence-corrected chi connectivity index (χ1v) is 8.22. The summed E-state index contributed by atoms with van der Waals surface area (Å²) in [6.07, 6.45) is 1.32. The lowest BCUT2D eigenvalue weighted by molar-refractivity contribution is 0.0707. The Morgan fingerprint density at radius 1 is 1.12 bits per heavy atom. The number of hydrogen-bond donors (Lipinski definition) is 1. The Morgan fingerprint density at radius 2 is 1.77 bits per heavy atom. The Kier molecular flexibility index (Phi) is 5.02. The molecule has 6 heteroatoms. The summed E-state index contributed by atoms with van der Waals surface area (Å²) in [4.78, 5) is 14.7. The predicted molar refractivity (Wildman–Crippen MR) is 100 cm³/mol. The summed E-state index contributed by atoms with van der Waals surface area (Å²) < 4.78 is 16.3. The number of rotatable bonds is 6. The molecule has 1 heterocycles. The molecular formula is C20H22N2O4. The number of carbonyl (C=O) groups is 1. The quantitative estimate of drug-likeness (QED) is 0.805. The van der Waals surface area contributed by atoms with Gasteiger partial charge < -0.3 is 24.4 Å². The van der Waals surface area contributed by atoms with E-state index in [9.17, 15) is 4.79 Å². The van der Waals surface area contributed by atoms with E-state index >= 15 is 0 Å². The van der Waals surface area contributed by atoms with Gasteiger partial charge in [-0.1, -0.05) is 18.2 Å². The summed E-state index contributed by atoms with van der Waals surface area (Å²) in [6.45, 7) is 4.18. The minimum atomic E-state index is -0.385. The van der Waals surface area contributed by atoms with Crippen molar-refractivity contribution in [3.05, 3.63) is 60.2 Å². The highest BCUT2D eigenvalue weighted by atomic mass is 16.5. The molecule has 3 rings (SSSR count). The van der Waals surface area contributed by atoms with E-state index in [-0.39, 0.29) is 12.1 Å². The molecule has 2 aromatic carbocycles. The Balaban J connectivity index is 2.12. The van der Waals surface area contributed by atoms with Crippen molar-refractivity contribution in [3.63, 3.8) is 0 Å². The van der Waals surface area contributed by atoms with Gasteiger partial charge in [-0.25, -0.2) is 0 Å².